The number of nitrogens with zero attached hydrogens (tertiary/aromatic N) is 4. The van der Waals surface area contributed by atoms with Crippen LogP contribution >= 0.6 is 15.9 Å². The topological polar surface area (TPSA) is 55.8 Å². The molecule has 1 heterocycles. The second-order valence-electron chi connectivity index (χ2n) is 4.48. The first-order valence-electron chi connectivity index (χ1n) is 5.82. The third-order valence-corrected chi connectivity index (χ3v) is 3.26. The maximum atomic E-state index is 9.03. The molecule has 0 fully saturated rings. The Bertz CT molecular complexity index is 466. The average Bonchev–Trinajstić information content (AvgIpc) is 2.63. The van der Waals surface area contributed by atoms with E-state index in [1.165, 1.54) is 5.69 Å². The number of nitriles is 2. The molecular weight excluding hydrogens is 292 g/mol. The van der Waals surface area contributed by atoms with Gasteiger partial charge in [0.15, 0.2) is 0 Å². The highest BCUT2D eigenvalue weighted by Crippen LogP contribution is 2.16. The van der Waals surface area contributed by atoms with Crippen LogP contribution in [0, 0.1) is 28.6 Å². The summed E-state index contributed by atoms with van der Waals surface area (Å²) in [5.74, 6) is -0.0710. The van der Waals surface area contributed by atoms with Crippen LogP contribution in [-0.2, 0) is 13.6 Å². The Hall–Kier alpha value is -1.30. The minimum absolute atomic E-state index is 0.0710. The first kappa shape index (κ1) is 14.8. The van der Waals surface area contributed by atoms with Crippen LogP contribution in [0.1, 0.15) is 18.5 Å². The van der Waals surface area contributed by atoms with E-state index in [-0.39, 0.29) is 5.92 Å². The quantitative estimate of drug-likeness (QED) is 0.812. The van der Waals surface area contributed by atoms with Crippen LogP contribution in [0.2, 0.25) is 0 Å². The third kappa shape index (κ3) is 4.52. The van der Waals surface area contributed by atoms with Crippen molar-refractivity contribution in [1.82, 2.24) is 9.47 Å². The Balaban J connectivity index is 2.51. The summed E-state index contributed by atoms with van der Waals surface area (Å²) in [6, 6.07) is 6.43. The SMILES string of the molecule is CN(Cc1cc(Br)cn1C)CC(C#N)CCC#N. The van der Waals surface area contributed by atoms with Gasteiger partial charge in [0.25, 0.3) is 0 Å². The molecule has 0 aliphatic heterocycles. The minimum atomic E-state index is -0.0710. The van der Waals surface area contributed by atoms with Gasteiger partial charge in [0.05, 0.1) is 18.1 Å². The smallest absolute Gasteiger partial charge is 0.0669 e. The number of aromatic nitrogens is 1. The summed E-state index contributed by atoms with van der Waals surface area (Å²) in [4.78, 5) is 2.12. The van der Waals surface area contributed by atoms with Crippen molar-refractivity contribution in [3.8, 4) is 12.1 Å². The monoisotopic (exact) mass is 308 g/mol. The molecule has 0 N–H and O–H groups in total. The zero-order valence-corrected chi connectivity index (χ0v) is 12.3. The molecule has 1 rings (SSSR count). The van der Waals surface area contributed by atoms with E-state index >= 15 is 0 Å². The van der Waals surface area contributed by atoms with Crippen molar-refractivity contribution in [3.05, 3.63) is 22.4 Å². The molecule has 0 saturated carbocycles. The molecule has 4 nitrogen and oxygen atoms in total. The fraction of sp³-hybridized carbons (Fsp3) is 0.538. The van der Waals surface area contributed by atoms with Crippen LogP contribution < -0.4 is 0 Å². The summed E-state index contributed by atoms with van der Waals surface area (Å²) in [7, 11) is 4.00. The fourth-order valence-corrected chi connectivity index (χ4v) is 2.45. The summed E-state index contributed by atoms with van der Waals surface area (Å²) in [5.41, 5.74) is 1.20. The molecule has 1 aromatic heterocycles. The van der Waals surface area contributed by atoms with E-state index in [1.807, 2.05) is 20.3 Å². The lowest BCUT2D eigenvalue weighted by Gasteiger charge is -2.19. The lowest BCUT2D eigenvalue weighted by Crippen LogP contribution is -2.25. The number of hydrogen-bond donors (Lipinski definition) is 0. The molecule has 18 heavy (non-hydrogen) atoms. The van der Waals surface area contributed by atoms with E-state index in [2.05, 4.69) is 43.6 Å². The minimum Gasteiger partial charge on any atom is -0.352 e. The average molecular weight is 309 g/mol. The molecule has 0 amide bonds. The molecule has 0 aliphatic rings. The van der Waals surface area contributed by atoms with Crippen LogP contribution in [0.15, 0.2) is 16.7 Å². The second-order valence-corrected chi connectivity index (χ2v) is 5.40. The van der Waals surface area contributed by atoms with Crippen molar-refractivity contribution in [1.29, 1.82) is 10.5 Å². The Kier molecular flexibility index (Phi) is 5.91. The third-order valence-electron chi connectivity index (χ3n) is 2.83. The molecule has 96 valence electrons. The van der Waals surface area contributed by atoms with Crippen LogP contribution in [0.5, 0.6) is 0 Å². The van der Waals surface area contributed by atoms with E-state index in [1.54, 1.807) is 0 Å². The number of halogens is 1. The van der Waals surface area contributed by atoms with Gasteiger partial charge >= 0.3 is 0 Å². The van der Waals surface area contributed by atoms with E-state index in [4.69, 9.17) is 10.5 Å². The molecule has 1 atom stereocenters. The van der Waals surface area contributed by atoms with Crippen molar-refractivity contribution in [2.24, 2.45) is 13.0 Å². The second kappa shape index (κ2) is 7.20. The highest BCUT2D eigenvalue weighted by atomic mass is 79.9. The van der Waals surface area contributed by atoms with Crippen molar-refractivity contribution in [2.45, 2.75) is 19.4 Å². The van der Waals surface area contributed by atoms with Crippen LogP contribution in [0.3, 0.4) is 0 Å². The van der Waals surface area contributed by atoms with Gasteiger partial charge in [0.2, 0.25) is 0 Å². The molecule has 0 radical (unpaired) electrons. The van der Waals surface area contributed by atoms with Crippen molar-refractivity contribution in [2.75, 3.05) is 13.6 Å². The van der Waals surface area contributed by atoms with Gasteiger partial charge in [0.1, 0.15) is 0 Å². The summed E-state index contributed by atoms with van der Waals surface area (Å²) in [5, 5.41) is 17.6. The largest absolute Gasteiger partial charge is 0.352 e. The zero-order chi connectivity index (χ0) is 13.5. The van der Waals surface area contributed by atoms with Gasteiger partial charge in [-0.25, -0.2) is 0 Å². The van der Waals surface area contributed by atoms with E-state index in [0.717, 1.165) is 11.0 Å². The van der Waals surface area contributed by atoms with Gasteiger partial charge in [0, 0.05) is 42.9 Å². The predicted molar refractivity (Wildman–Crippen MR) is 73.4 cm³/mol. The number of rotatable bonds is 6. The van der Waals surface area contributed by atoms with Gasteiger partial charge < -0.3 is 4.57 Å². The maximum Gasteiger partial charge on any atom is 0.0669 e. The normalized spacial score (nSPS) is 12.1. The maximum absolute atomic E-state index is 9.03. The van der Waals surface area contributed by atoms with E-state index < -0.39 is 0 Å². The summed E-state index contributed by atoms with van der Waals surface area (Å²) in [6.07, 6.45) is 3.11. The van der Waals surface area contributed by atoms with Gasteiger partial charge in [-0.15, -0.1) is 0 Å². The molecule has 5 heteroatoms. The zero-order valence-electron chi connectivity index (χ0n) is 10.7. The van der Waals surface area contributed by atoms with Crippen molar-refractivity contribution < 1.29 is 0 Å². The molecule has 1 unspecified atom stereocenters. The molecule has 1 aromatic rings. The first-order valence-corrected chi connectivity index (χ1v) is 6.62. The molecule has 0 aliphatic carbocycles. The Morgan fingerprint density at radius 3 is 2.72 bits per heavy atom. The molecule has 0 spiro atoms. The van der Waals surface area contributed by atoms with Crippen molar-refractivity contribution >= 4 is 15.9 Å². The predicted octanol–water partition coefficient (Wildman–Crippen LogP) is 2.66. The Labute approximate surface area is 117 Å². The highest BCUT2D eigenvalue weighted by molar-refractivity contribution is 9.10. The summed E-state index contributed by atoms with van der Waals surface area (Å²) in [6.45, 7) is 1.49. The fourth-order valence-electron chi connectivity index (χ4n) is 1.88. The van der Waals surface area contributed by atoms with Crippen LogP contribution in [-0.4, -0.2) is 23.1 Å². The van der Waals surface area contributed by atoms with E-state index in [9.17, 15) is 0 Å². The van der Waals surface area contributed by atoms with Crippen molar-refractivity contribution in [3.63, 3.8) is 0 Å². The highest BCUT2D eigenvalue weighted by Gasteiger charge is 2.12. The van der Waals surface area contributed by atoms with Gasteiger partial charge in [-0.1, -0.05) is 0 Å². The first-order chi connectivity index (χ1) is 8.56. The van der Waals surface area contributed by atoms with Gasteiger partial charge in [-0.2, -0.15) is 10.5 Å². The standard InChI is InChI=1S/C13H17BrN4/c1-17(8-11(7-16)4-3-5-15)10-13-6-12(14)9-18(13)2/h6,9,11H,3-4,8,10H2,1-2H3. The lowest BCUT2D eigenvalue weighted by atomic mass is 10.1. The number of aryl methyl sites for hydroxylation is 1. The molecular formula is C13H17BrN4. The number of hydrogen-bond acceptors (Lipinski definition) is 3. The van der Waals surface area contributed by atoms with Gasteiger partial charge in [-0.3, -0.25) is 4.90 Å². The van der Waals surface area contributed by atoms with Gasteiger partial charge in [-0.05, 0) is 35.5 Å². The van der Waals surface area contributed by atoms with Crippen LogP contribution in [0.25, 0.3) is 0 Å². The molecule has 0 saturated heterocycles. The summed E-state index contributed by atoms with van der Waals surface area (Å²) >= 11 is 3.44. The van der Waals surface area contributed by atoms with Crippen LogP contribution in [0.4, 0.5) is 0 Å². The summed E-state index contributed by atoms with van der Waals surface area (Å²) < 4.78 is 3.13. The van der Waals surface area contributed by atoms with E-state index in [0.29, 0.717) is 19.4 Å². The lowest BCUT2D eigenvalue weighted by molar-refractivity contribution is 0.284. The molecule has 0 aromatic carbocycles. The Morgan fingerprint density at radius 2 is 2.22 bits per heavy atom. The molecule has 0 bridgehead atoms. The Morgan fingerprint density at radius 1 is 1.50 bits per heavy atom.